The maximum atomic E-state index is 11.9. The lowest BCUT2D eigenvalue weighted by atomic mass is 9.96. The second-order valence-electron chi connectivity index (χ2n) is 4.96. The van der Waals surface area contributed by atoms with Gasteiger partial charge in [-0.25, -0.2) is 0 Å². The molecular weight excluding hydrogens is 256 g/mol. The molecule has 4 heteroatoms. The molecule has 20 heavy (non-hydrogen) atoms. The van der Waals surface area contributed by atoms with Crippen molar-refractivity contribution in [3.63, 3.8) is 0 Å². The van der Waals surface area contributed by atoms with Crippen LogP contribution in [0.5, 0.6) is 0 Å². The van der Waals surface area contributed by atoms with E-state index in [1.165, 1.54) is 14.2 Å². The summed E-state index contributed by atoms with van der Waals surface area (Å²) < 4.78 is 9.53. The fraction of sp³-hybridized carbons (Fsp3) is 0.375. The van der Waals surface area contributed by atoms with Gasteiger partial charge in [-0.05, 0) is 29.9 Å². The highest BCUT2D eigenvalue weighted by Crippen LogP contribution is 2.56. The molecule has 1 aliphatic carbocycles. The number of ether oxygens (including phenoxy) is 2. The van der Waals surface area contributed by atoms with Crippen molar-refractivity contribution in [2.75, 3.05) is 14.2 Å². The molecule has 106 valence electrons. The molecule has 0 radical (unpaired) electrons. The molecule has 0 N–H and O–H groups in total. The summed E-state index contributed by atoms with van der Waals surface area (Å²) in [4.78, 5) is 23.8. The number of hydrogen-bond donors (Lipinski definition) is 0. The molecule has 0 amide bonds. The quantitative estimate of drug-likeness (QED) is 0.610. The van der Waals surface area contributed by atoms with Gasteiger partial charge in [0.1, 0.15) is 0 Å². The maximum Gasteiger partial charge on any atom is 0.323 e. The summed E-state index contributed by atoms with van der Waals surface area (Å²) in [6.45, 7) is 3.77. The first-order valence-electron chi connectivity index (χ1n) is 6.47. The van der Waals surface area contributed by atoms with Gasteiger partial charge in [0.25, 0.3) is 0 Å². The van der Waals surface area contributed by atoms with Crippen molar-refractivity contribution in [1.82, 2.24) is 0 Å². The molecule has 0 saturated heterocycles. The van der Waals surface area contributed by atoms with Gasteiger partial charge in [0.2, 0.25) is 0 Å². The Bertz CT molecular complexity index is 531. The molecule has 0 spiro atoms. The zero-order chi connectivity index (χ0) is 14.8. The SMILES string of the molecule is C=Cc1ccccc1C[C@H]1CC1(C(=O)OC)C(=O)OC. The van der Waals surface area contributed by atoms with Crippen LogP contribution in [0.15, 0.2) is 30.8 Å². The molecule has 0 bridgehead atoms. The third-order valence-corrected chi connectivity index (χ3v) is 3.95. The lowest BCUT2D eigenvalue weighted by molar-refractivity contribution is -0.162. The number of rotatable bonds is 5. The van der Waals surface area contributed by atoms with Gasteiger partial charge in [0, 0.05) is 0 Å². The van der Waals surface area contributed by atoms with Crippen molar-refractivity contribution < 1.29 is 19.1 Å². The van der Waals surface area contributed by atoms with Crippen LogP contribution < -0.4 is 0 Å². The van der Waals surface area contributed by atoms with Crippen LogP contribution in [-0.2, 0) is 25.5 Å². The van der Waals surface area contributed by atoms with Crippen LogP contribution in [0.1, 0.15) is 17.5 Å². The summed E-state index contributed by atoms with van der Waals surface area (Å²) in [6.07, 6.45) is 2.87. The van der Waals surface area contributed by atoms with Crippen molar-refractivity contribution in [2.45, 2.75) is 12.8 Å². The fourth-order valence-electron chi connectivity index (χ4n) is 2.71. The average Bonchev–Trinajstić information content (AvgIpc) is 3.21. The molecule has 1 aromatic carbocycles. The highest BCUT2D eigenvalue weighted by molar-refractivity contribution is 6.03. The molecule has 0 aromatic heterocycles. The molecule has 4 nitrogen and oxygen atoms in total. The molecule has 2 rings (SSSR count). The van der Waals surface area contributed by atoms with Crippen LogP contribution in [-0.4, -0.2) is 26.2 Å². The molecular formula is C16H18O4. The monoisotopic (exact) mass is 274 g/mol. The third-order valence-electron chi connectivity index (χ3n) is 3.95. The van der Waals surface area contributed by atoms with Gasteiger partial charge in [-0.15, -0.1) is 0 Å². The van der Waals surface area contributed by atoms with E-state index in [1.54, 1.807) is 6.08 Å². The smallest absolute Gasteiger partial charge is 0.323 e. The predicted molar refractivity (Wildman–Crippen MR) is 74.8 cm³/mol. The van der Waals surface area contributed by atoms with Crippen molar-refractivity contribution in [3.8, 4) is 0 Å². The molecule has 1 saturated carbocycles. The lowest BCUT2D eigenvalue weighted by Gasteiger charge is -2.13. The van der Waals surface area contributed by atoms with E-state index < -0.39 is 17.4 Å². The Morgan fingerprint density at radius 2 is 1.90 bits per heavy atom. The minimum absolute atomic E-state index is 0.0801. The minimum atomic E-state index is -1.13. The molecule has 0 heterocycles. The number of carbonyl (C=O) groups excluding carboxylic acids is 2. The second-order valence-corrected chi connectivity index (χ2v) is 4.96. The van der Waals surface area contributed by atoms with Gasteiger partial charge in [-0.2, -0.15) is 0 Å². The third kappa shape index (κ3) is 2.22. The normalized spacial score (nSPS) is 19.0. The molecule has 1 aliphatic rings. The first-order valence-corrected chi connectivity index (χ1v) is 6.47. The van der Waals surface area contributed by atoms with Crippen molar-refractivity contribution >= 4 is 18.0 Å². The summed E-state index contributed by atoms with van der Waals surface area (Å²) in [5.41, 5.74) is 0.961. The van der Waals surface area contributed by atoms with E-state index in [-0.39, 0.29) is 5.92 Å². The Labute approximate surface area is 118 Å². The topological polar surface area (TPSA) is 52.6 Å². The highest BCUT2D eigenvalue weighted by Gasteiger charge is 2.67. The van der Waals surface area contributed by atoms with E-state index in [9.17, 15) is 9.59 Å². The van der Waals surface area contributed by atoms with E-state index in [1.807, 2.05) is 24.3 Å². The number of esters is 2. The summed E-state index contributed by atoms with van der Waals surface area (Å²) in [5, 5.41) is 0. The number of benzene rings is 1. The lowest BCUT2D eigenvalue weighted by Crippen LogP contribution is -2.30. The Hall–Kier alpha value is -2.10. The first kappa shape index (κ1) is 14.3. The van der Waals surface area contributed by atoms with Crippen molar-refractivity contribution in [1.29, 1.82) is 0 Å². The molecule has 1 atom stereocenters. The van der Waals surface area contributed by atoms with E-state index in [2.05, 4.69) is 6.58 Å². The van der Waals surface area contributed by atoms with Crippen LogP contribution >= 0.6 is 0 Å². The summed E-state index contributed by atoms with van der Waals surface area (Å²) in [6, 6.07) is 7.81. The van der Waals surface area contributed by atoms with Gasteiger partial charge < -0.3 is 9.47 Å². The first-order chi connectivity index (χ1) is 9.59. The Balaban J connectivity index is 2.21. The van der Waals surface area contributed by atoms with Crippen molar-refractivity contribution in [2.24, 2.45) is 11.3 Å². The largest absolute Gasteiger partial charge is 0.468 e. The van der Waals surface area contributed by atoms with Gasteiger partial charge >= 0.3 is 11.9 Å². The van der Waals surface area contributed by atoms with Gasteiger partial charge in [-0.3, -0.25) is 9.59 Å². The molecule has 1 aromatic rings. The van der Waals surface area contributed by atoms with Crippen LogP contribution in [0.2, 0.25) is 0 Å². The zero-order valence-corrected chi connectivity index (χ0v) is 11.7. The summed E-state index contributed by atoms with van der Waals surface area (Å²) in [7, 11) is 2.58. The Morgan fingerprint density at radius 3 is 2.45 bits per heavy atom. The Morgan fingerprint density at radius 1 is 1.30 bits per heavy atom. The fourth-order valence-corrected chi connectivity index (χ4v) is 2.71. The maximum absolute atomic E-state index is 11.9. The molecule has 0 aliphatic heterocycles. The van der Waals surface area contributed by atoms with Gasteiger partial charge in [-0.1, -0.05) is 36.9 Å². The van der Waals surface area contributed by atoms with E-state index in [4.69, 9.17) is 9.47 Å². The van der Waals surface area contributed by atoms with E-state index in [0.29, 0.717) is 12.8 Å². The van der Waals surface area contributed by atoms with Crippen LogP contribution in [0.25, 0.3) is 6.08 Å². The van der Waals surface area contributed by atoms with Gasteiger partial charge in [0.15, 0.2) is 5.41 Å². The van der Waals surface area contributed by atoms with Crippen LogP contribution in [0, 0.1) is 11.3 Å². The van der Waals surface area contributed by atoms with Crippen LogP contribution in [0.3, 0.4) is 0 Å². The van der Waals surface area contributed by atoms with E-state index in [0.717, 1.165) is 11.1 Å². The average molecular weight is 274 g/mol. The summed E-state index contributed by atoms with van der Waals surface area (Å²) >= 11 is 0. The van der Waals surface area contributed by atoms with Crippen molar-refractivity contribution in [3.05, 3.63) is 42.0 Å². The Kier molecular flexibility index (Phi) is 3.93. The predicted octanol–water partition coefficient (Wildman–Crippen LogP) is 2.22. The summed E-state index contributed by atoms with van der Waals surface area (Å²) in [5.74, 6) is -1.10. The highest BCUT2D eigenvalue weighted by atomic mass is 16.5. The van der Waals surface area contributed by atoms with Crippen LogP contribution in [0.4, 0.5) is 0 Å². The van der Waals surface area contributed by atoms with E-state index >= 15 is 0 Å². The van der Waals surface area contributed by atoms with Gasteiger partial charge in [0.05, 0.1) is 14.2 Å². The molecule has 1 fully saturated rings. The standard InChI is InChI=1S/C16H18O4/c1-4-11-7-5-6-8-12(11)9-13-10-16(13,14(17)19-2)15(18)20-3/h4-8,13H,1,9-10H2,2-3H3/t13-/m0/s1. The molecule has 0 unspecified atom stereocenters. The zero-order valence-electron chi connectivity index (χ0n) is 11.7. The second kappa shape index (κ2) is 5.49. The number of hydrogen-bond acceptors (Lipinski definition) is 4. The number of methoxy groups -OCH3 is 2. The minimum Gasteiger partial charge on any atom is -0.468 e. The number of carbonyl (C=O) groups is 2.